The Bertz CT molecular complexity index is 1500. The van der Waals surface area contributed by atoms with Gasteiger partial charge in [-0.1, -0.05) is 30.8 Å². The average molecular weight is 397 g/mol. The maximum Gasteiger partial charge on any atom is 0.196 e. The van der Waals surface area contributed by atoms with Crippen LogP contribution in [0.3, 0.4) is 0 Å². The zero-order chi connectivity index (χ0) is 20.3. The van der Waals surface area contributed by atoms with Gasteiger partial charge in [-0.25, -0.2) is 0 Å². The molecule has 3 aromatic rings. The van der Waals surface area contributed by atoms with E-state index >= 15 is 0 Å². The van der Waals surface area contributed by atoms with Crippen molar-refractivity contribution in [2.75, 3.05) is 5.32 Å². The minimum absolute atomic E-state index is 0.0430. The molecule has 1 aliphatic heterocycles. The molecule has 0 radical (unpaired) electrons. The van der Waals surface area contributed by atoms with Crippen molar-refractivity contribution in [3.8, 4) is 11.1 Å². The third-order valence-corrected chi connectivity index (χ3v) is 6.00. The molecule has 1 N–H and O–H groups in total. The van der Waals surface area contributed by atoms with Crippen molar-refractivity contribution in [1.82, 2.24) is 4.57 Å². The van der Waals surface area contributed by atoms with Gasteiger partial charge in [0.25, 0.3) is 0 Å². The fourth-order valence-corrected chi connectivity index (χ4v) is 4.44. The number of aryl methyl sites for hydroxylation is 2. The van der Waals surface area contributed by atoms with Crippen molar-refractivity contribution in [2.24, 2.45) is 7.05 Å². The molecular weight excluding hydrogens is 376 g/mol. The summed E-state index contributed by atoms with van der Waals surface area (Å²) >= 11 is 4.41. The van der Waals surface area contributed by atoms with Gasteiger partial charge in [0.15, 0.2) is 5.43 Å². The Labute approximate surface area is 174 Å². The molecule has 2 aliphatic rings. The Morgan fingerprint density at radius 1 is 0.966 bits per heavy atom. The van der Waals surface area contributed by atoms with Gasteiger partial charge in [0.05, 0.1) is 11.1 Å². The number of pyridine rings is 1. The number of aromatic nitrogens is 1. The molecule has 3 nitrogen and oxygen atoms in total. The van der Waals surface area contributed by atoms with E-state index in [-0.39, 0.29) is 5.43 Å². The molecular formula is C25H20N2OS. The maximum absolute atomic E-state index is 13.6. The van der Waals surface area contributed by atoms with E-state index in [1.165, 1.54) is 0 Å². The third kappa shape index (κ3) is 2.64. The summed E-state index contributed by atoms with van der Waals surface area (Å²) in [5, 5.41) is 6.80. The number of thiol groups is 1. The lowest BCUT2D eigenvalue weighted by Crippen LogP contribution is -2.19. The van der Waals surface area contributed by atoms with Crippen LogP contribution in [0.1, 0.15) is 5.56 Å². The first-order valence-electron chi connectivity index (χ1n) is 9.48. The summed E-state index contributed by atoms with van der Waals surface area (Å²) in [5.41, 5.74) is 5.92. The van der Waals surface area contributed by atoms with Crippen LogP contribution in [0, 0.1) is 6.92 Å². The lowest BCUT2D eigenvalue weighted by molar-refractivity contribution is 0.913. The number of nitrogens with one attached hydrogen (secondary N) is 1. The second-order valence-corrected chi connectivity index (χ2v) is 8.01. The molecule has 0 aromatic heterocycles. The van der Waals surface area contributed by atoms with Gasteiger partial charge in [-0.15, -0.1) is 12.6 Å². The quantitative estimate of drug-likeness (QED) is 0.242. The minimum atomic E-state index is 0.0430. The molecule has 5 rings (SSSR count). The number of anilines is 2. The molecule has 29 heavy (non-hydrogen) atoms. The number of nitrogens with zero attached hydrogens (tertiary/aromatic N) is 1. The summed E-state index contributed by atoms with van der Waals surface area (Å²) in [6.07, 6.45) is 0. The highest BCUT2D eigenvalue weighted by molar-refractivity contribution is 7.80. The molecule has 1 heterocycles. The summed E-state index contributed by atoms with van der Waals surface area (Å²) in [4.78, 5) is 14.5. The molecule has 0 amide bonds. The first kappa shape index (κ1) is 17.8. The Morgan fingerprint density at radius 2 is 1.69 bits per heavy atom. The first-order valence-corrected chi connectivity index (χ1v) is 9.93. The molecule has 0 fully saturated rings. The molecule has 0 saturated heterocycles. The van der Waals surface area contributed by atoms with Gasteiger partial charge < -0.3 is 9.88 Å². The van der Waals surface area contributed by atoms with E-state index in [0.29, 0.717) is 5.39 Å². The van der Waals surface area contributed by atoms with Gasteiger partial charge >= 0.3 is 0 Å². The Balaban J connectivity index is 1.92. The lowest BCUT2D eigenvalue weighted by Gasteiger charge is -2.21. The summed E-state index contributed by atoms with van der Waals surface area (Å²) in [6, 6.07) is 19.9. The average Bonchev–Trinajstić information content (AvgIpc) is 2.71. The topological polar surface area (TPSA) is 34.0 Å². The maximum atomic E-state index is 13.6. The van der Waals surface area contributed by atoms with Gasteiger partial charge in [0.1, 0.15) is 0 Å². The molecule has 0 unspecified atom stereocenters. The molecule has 4 heteroatoms. The predicted molar refractivity (Wildman–Crippen MR) is 126 cm³/mol. The van der Waals surface area contributed by atoms with Gasteiger partial charge in [-0.2, -0.15) is 0 Å². The molecule has 0 atom stereocenters. The van der Waals surface area contributed by atoms with Gasteiger partial charge in [-0.05, 0) is 59.8 Å². The van der Waals surface area contributed by atoms with Crippen LogP contribution in [0.2, 0.25) is 0 Å². The molecule has 3 aromatic carbocycles. The molecule has 0 spiro atoms. The fraction of sp³-hybridized carbons (Fsp3) is 0.0800. The number of rotatable bonds is 2. The lowest BCUT2D eigenvalue weighted by atomic mass is 9.90. The van der Waals surface area contributed by atoms with Crippen LogP contribution >= 0.6 is 12.6 Å². The second-order valence-electron chi connectivity index (χ2n) is 7.49. The van der Waals surface area contributed by atoms with Crippen LogP contribution < -0.4 is 16.1 Å². The first-order chi connectivity index (χ1) is 14.0. The minimum Gasteiger partial charge on any atom is -0.355 e. The van der Waals surface area contributed by atoms with Crippen LogP contribution in [0.4, 0.5) is 11.4 Å². The molecule has 1 aliphatic carbocycles. The zero-order valence-electron chi connectivity index (χ0n) is 16.3. The van der Waals surface area contributed by atoms with E-state index in [1.54, 1.807) is 0 Å². The van der Waals surface area contributed by atoms with E-state index in [2.05, 4.69) is 36.7 Å². The van der Waals surface area contributed by atoms with E-state index in [9.17, 15) is 4.79 Å². The summed E-state index contributed by atoms with van der Waals surface area (Å²) < 4.78 is 2.04. The highest BCUT2D eigenvalue weighted by Gasteiger charge is 2.21. The van der Waals surface area contributed by atoms with E-state index in [4.69, 9.17) is 0 Å². The number of hydrogen-bond acceptors (Lipinski definition) is 3. The predicted octanol–water partition coefficient (Wildman–Crippen LogP) is 5.27. The Kier molecular flexibility index (Phi) is 3.93. The monoisotopic (exact) mass is 396 g/mol. The van der Waals surface area contributed by atoms with Crippen LogP contribution in [-0.4, -0.2) is 4.57 Å². The Morgan fingerprint density at radius 3 is 2.45 bits per heavy atom. The van der Waals surface area contributed by atoms with E-state index in [1.807, 2.05) is 67.1 Å². The van der Waals surface area contributed by atoms with Crippen molar-refractivity contribution in [1.29, 1.82) is 0 Å². The summed E-state index contributed by atoms with van der Waals surface area (Å²) in [7, 11) is 1.99. The van der Waals surface area contributed by atoms with Crippen LogP contribution in [0.25, 0.3) is 39.4 Å². The molecule has 0 saturated carbocycles. The Hall–Kier alpha value is -3.24. The van der Waals surface area contributed by atoms with Crippen molar-refractivity contribution < 1.29 is 0 Å². The van der Waals surface area contributed by atoms with E-state index < -0.39 is 0 Å². The van der Waals surface area contributed by atoms with Crippen LogP contribution in [0.15, 0.2) is 70.4 Å². The smallest absolute Gasteiger partial charge is 0.196 e. The van der Waals surface area contributed by atoms with Crippen molar-refractivity contribution >= 4 is 52.3 Å². The second kappa shape index (κ2) is 6.39. The number of hydrogen-bond donors (Lipinski definition) is 2. The summed E-state index contributed by atoms with van der Waals surface area (Å²) in [5.74, 6) is 0. The molecule has 0 bridgehead atoms. The van der Waals surface area contributed by atoms with Gasteiger partial charge in [-0.3, -0.25) is 4.79 Å². The van der Waals surface area contributed by atoms with Crippen LogP contribution in [0.5, 0.6) is 0 Å². The zero-order valence-corrected chi connectivity index (χ0v) is 17.2. The SMILES string of the molecule is C=c1cc2c3ccccc3c(=O)c3c(Nc4ccc(S)cc4C)ccc(c3-2)n1C. The van der Waals surface area contributed by atoms with Crippen molar-refractivity contribution in [3.05, 3.63) is 81.8 Å². The van der Waals surface area contributed by atoms with Gasteiger partial charge in [0, 0.05) is 39.4 Å². The fourth-order valence-electron chi connectivity index (χ4n) is 4.17. The number of fused-ring (bicyclic) bond motifs is 2. The largest absolute Gasteiger partial charge is 0.355 e. The highest BCUT2D eigenvalue weighted by Crippen LogP contribution is 2.39. The number of benzene rings is 4. The standard InChI is InChI=1S/C25H20N2OS/c1-14-12-16(29)8-9-20(14)26-21-10-11-22-23-19(13-15(2)27(22)3)17-6-4-5-7-18(17)25(28)24(21)23/h4-13,26,29H,2H2,1,3H3. The highest BCUT2D eigenvalue weighted by atomic mass is 32.1. The van der Waals surface area contributed by atoms with Crippen LogP contribution in [-0.2, 0) is 7.05 Å². The summed E-state index contributed by atoms with van der Waals surface area (Å²) in [6.45, 7) is 6.22. The van der Waals surface area contributed by atoms with E-state index in [0.717, 1.165) is 54.6 Å². The normalized spacial score (nSPS) is 11.6. The third-order valence-electron chi connectivity index (χ3n) is 5.72. The van der Waals surface area contributed by atoms with Crippen molar-refractivity contribution in [3.63, 3.8) is 0 Å². The van der Waals surface area contributed by atoms with Gasteiger partial charge in [0.2, 0.25) is 0 Å². The van der Waals surface area contributed by atoms with Crippen molar-refractivity contribution in [2.45, 2.75) is 11.8 Å². The molecule has 142 valence electrons.